The largest absolute Gasteiger partial charge is 0.458 e. The highest BCUT2D eigenvalue weighted by Crippen LogP contribution is 2.38. The van der Waals surface area contributed by atoms with Gasteiger partial charge in [0.25, 0.3) is 6.33 Å². The van der Waals surface area contributed by atoms with Crippen LogP contribution in [0.2, 0.25) is 0 Å². The van der Waals surface area contributed by atoms with Crippen molar-refractivity contribution in [3.05, 3.63) is 199 Å². The van der Waals surface area contributed by atoms with Gasteiger partial charge in [0.2, 0.25) is 0 Å². The lowest BCUT2D eigenvalue weighted by atomic mass is 9.88. The number of fused-ring (bicyclic) bond motifs is 4. The summed E-state index contributed by atoms with van der Waals surface area (Å²) in [6.45, 7) is 10.2. The number of pyridine rings is 1. The van der Waals surface area contributed by atoms with Crippen LogP contribution >= 0.6 is 0 Å². The molecular weight excluding hydrogens is 745 g/mol. The minimum Gasteiger partial charge on any atom is -0.458 e. The summed E-state index contributed by atoms with van der Waals surface area (Å²) in [6, 6.07) is 29.7. The topological polar surface area (TPSA) is 35.9 Å². The van der Waals surface area contributed by atoms with Gasteiger partial charge in [-0.3, -0.25) is 13.7 Å². The van der Waals surface area contributed by atoms with Crippen molar-refractivity contribution in [3.63, 3.8) is 0 Å². The number of hydrogen-bond donors (Lipinski definition) is 0. The molecule has 0 unspecified atom stereocenters. The van der Waals surface area contributed by atoms with Crippen LogP contribution in [0.25, 0.3) is 72.3 Å². The Balaban J connectivity index is 1.15. The standard InChI is InChI=1S/C56H48N4O/c1-38(2)32-39-26-29-50-49(33-39)48-28-27-45(36-53(48)60(50)54-34-42(30-31-57-54)56(3,4)5)61-44-21-14-20-43(35-44)58-37-59(52-25-13-12-24-51(52)58)55-46(40-16-8-6-9-17-40)22-15-23-47(55)41-18-10-7-11-19-41/h6-31,33-36,38H,32H2,1-5H3/i6D,7D,8D,9D,10D,11D,16D,17D,18D,19D,32D2. The molecule has 0 atom stereocenters. The fraction of sp³-hybridized carbons (Fsp3) is 0.143. The van der Waals surface area contributed by atoms with Gasteiger partial charge in [0.15, 0.2) is 0 Å². The summed E-state index contributed by atoms with van der Waals surface area (Å²) in [5.74, 6) is 1.44. The Bertz CT molecular complexity index is 3760. The van der Waals surface area contributed by atoms with Gasteiger partial charge in [-0.05, 0) is 106 Å². The third kappa shape index (κ3) is 7.16. The number of benzene rings is 7. The molecule has 0 bridgehead atoms. The van der Waals surface area contributed by atoms with E-state index in [1.165, 1.54) is 0 Å². The molecule has 0 saturated heterocycles. The van der Waals surface area contributed by atoms with E-state index in [2.05, 4.69) is 37.7 Å². The Labute approximate surface area is 374 Å². The minimum absolute atomic E-state index is 0.144. The number of aromatic nitrogens is 4. The van der Waals surface area contributed by atoms with Gasteiger partial charge in [-0.15, -0.1) is 0 Å². The summed E-state index contributed by atoms with van der Waals surface area (Å²) in [5.41, 5.74) is 5.13. The van der Waals surface area contributed by atoms with Crippen LogP contribution in [-0.4, -0.2) is 14.1 Å². The summed E-state index contributed by atoms with van der Waals surface area (Å²) >= 11 is 0. The van der Waals surface area contributed by atoms with Crippen molar-refractivity contribution in [1.82, 2.24) is 14.1 Å². The summed E-state index contributed by atoms with van der Waals surface area (Å²) < 4.78 is 117. The third-order valence-electron chi connectivity index (χ3n) is 10.7. The van der Waals surface area contributed by atoms with E-state index < -0.39 is 66.8 Å². The second-order valence-electron chi connectivity index (χ2n) is 16.3. The lowest BCUT2D eigenvalue weighted by molar-refractivity contribution is -0.571. The Morgan fingerprint density at radius 3 is 2.11 bits per heavy atom. The molecule has 0 radical (unpaired) electrons. The molecule has 10 aromatic rings. The summed E-state index contributed by atoms with van der Waals surface area (Å²) in [4.78, 5) is 4.84. The predicted octanol–water partition coefficient (Wildman–Crippen LogP) is 13.8. The first-order valence-corrected chi connectivity index (χ1v) is 20.2. The molecule has 0 N–H and O–H groups in total. The zero-order valence-corrected chi connectivity index (χ0v) is 34.3. The first-order valence-electron chi connectivity index (χ1n) is 26.2. The lowest BCUT2D eigenvalue weighted by Crippen LogP contribution is -2.31. The number of imidazole rings is 1. The van der Waals surface area contributed by atoms with Gasteiger partial charge in [0, 0.05) is 25.8 Å². The molecule has 5 heteroatoms. The van der Waals surface area contributed by atoms with Crippen molar-refractivity contribution in [2.24, 2.45) is 5.92 Å². The van der Waals surface area contributed by atoms with E-state index in [-0.39, 0.29) is 39.3 Å². The van der Waals surface area contributed by atoms with Crippen molar-refractivity contribution in [2.45, 2.75) is 46.4 Å². The van der Waals surface area contributed by atoms with Crippen LogP contribution in [0.3, 0.4) is 0 Å². The quantitative estimate of drug-likeness (QED) is 0.108. The molecule has 7 aromatic carbocycles. The SMILES string of the molecule is [2H]c1c([2H])c([2H])c(-c2cccc(-c3c([2H])c([2H])c([2H])c([2H])c3[2H])c2-[n+]2[c-]n(-c3cccc(Oc4ccc5c6cc(C([2H])([2H])C(C)C)ccc6n(-c6cc(C(C)(C)C)ccn6)c5c4)c3)c3ccccc32)c([2H])c1[2H]. The van der Waals surface area contributed by atoms with Gasteiger partial charge in [-0.25, -0.2) is 4.98 Å². The molecule has 0 aliphatic heterocycles. The molecule has 0 amide bonds. The second-order valence-corrected chi connectivity index (χ2v) is 16.3. The van der Waals surface area contributed by atoms with E-state index in [1.807, 2.05) is 105 Å². The lowest BCUT2D eigenvalue weighted by Gasteiger charge is -2.20. The maximum absolute atomic E-state index is 9.02. The van der Waals surface area contributed by atoms with E-state index >= 15 is 0 Å². The normalized spacial score (nSPS) is 14.9. The zero-order valence-electron chi connectivity index (χ0n) is 46.3. The molecular formula is C56H48N4O. The average Bonchev–Trinajstić information content (AvgIpc) is 3.92. The van der Waals surface area contributed by atoms with Crippen LogP contribution in [-0.2, 0) is 11.8 Å². The Hall–Kier alpha value is -7.24. The Kier molecular flexibility index (Phi) is 6.77. The minimum atomic E-state index is -1.57. The van der Waals surface area contributed by atoms with E-state index in [4.69, 9.17) is 26.2 Å². The monoisotopic (exact) mass is 804 g/mol. The average molecular weight is 805 g/mol. The number of nitrogens with zero attached hydrogens (tertiary/aromatic N) is 4. The van der Waals surface area contributed by atoms with Crippen molar-refractivity contribution in [2.75, 3.05) is 0 Å². The van der Waals surface area contributed by atoms with Gasteiger partial charge >= 0.3 is 0 Å². The highest BCUT2D eigenvalue weighted by Gasteiger charge is 2.21. The second kappa shape index (κ2) is 15.4. The first-order chi connectivity index (χ1) is 34.6. The summed E-state index contributed by atoms with van der Waals surface area (Å²) in [5, 5.41) is 1.77. The smallest absolute Gasteiger partial charge is 0.269 e. The summed E-state index contributed by atoms with van der Waals surface area (Å²) in [7, 11) is 0. The van der Waals surface area contributed by atoms with E-state index in [1.54, 1.807) is 33.4 Å². The van der Waals surface area contributed by atoms with Gasteiger partial charge in [0.1, 0.15) is 17.3 Å². The number of rotatable bonds is 9. The van der Waals surface area contributed by atoms with Crippen LogP contribution in [0.1, 0.15) is 62.2 Å². The van der Waals surface area contributed by atoms with Gasteiger partial charge in [-0.2, -0.15) is 0 Å². The third-order valence-corrected chi connectivity index (χ3v) is 10.7. The number of para-hydroxylation sites is 3. The number of hydrogen-bond acceptors (Lipinski definition) is 2. The molecule has 0 aliphatic carbocycles. The predicted molar refractivity (Wildman–Crippen MR) is 250 cm³/mol. The Morgan fingerprint density at radius 2 is 1.39 bits per heavy atom. The van der Waals surface area contributed by atoms with Crippen LogP contribution in [0.5, 0.6) is 11.5 Å². The molecule has 5 nitrogen and oxygen atoms in total. The van der Waals surface area contributed by atoms with E-state index in [0.29, 0.717) is 39.6 Å². The highest BCUT2D eigenvalue weighted by atomic mass is 16.5. The molecule has 61 heavy (non-hydrogen) atoms. The van der Waals surface area contributed by atoms with Crippen molar-refractivity contribution in [1.29, 1.82) is 0 Å². The molecule has 3 heterocycles. The van der Waals surface area contributed by atoms with Crippen molar-refractivity contribution >= 4 is 32.8 Å². The fourth-order valence-electron chi connectivity index (χ4n) is 7.94. The van der Waals surface area contributed by atoms with Gasteiger partial charge in [0.05, 0.1) is 47.1 Å². The molecule has 298 valence electrons. The maximum Gasteiger partial charge on any atom is 0.269 e. The molecule has 0 aliphatic rings. The van der Waals surface area contributed by atoms with Crippen molar-refractivity contribution in [3.8, 4) is 50.9 Å². The zero-order chi connectivity index (χ0) is 52.2. The van der Waals surface area contributed by atoms with E-state index in [9.17, 15) is 0 Å². The molecule has 0 saturated carbocycles. The molecule has 0 fully saturated rings. The van der Waals surface area contributed by atoms with Crippen LogP contribution in [0.15, 0.2) is 182 Å². The van der Waals surface area contributed by atoms with Gasteiger partial charge in [-0.1, -0.05) is 150 Å². The number of ether oxygens (including phenoxy) is 1. The Morgan fingerprint density at radius 1 is 0.689 bits per heavy atom. The summed E-state index contributed by atoms with van der Waals surface area (Å²) in [6.07, 6.45) is 3.67. The molecule has 0 spiro atoms. The first kappa shape index (κ1) is 26.8. The van der Waals surface area contributed by atoms with Crippen molar-refractivity contribution < 1.29 is 25.8 Å². The van der Waals surface area contributed by atoms with Crippen LogP contribution in [0, 0.1) is 12.2 Å². The maximum atomic E-state index is 9.02. The molecule has 3 aromatic heterocycles. The van der Waals surface area contributed by atoms with Crippen LogP contribution in [0.4, 0.5) is 0 Å². The van der Waals surface area contributed by atoms with E-state index in [0.717, 1.165) is 27.4 Å². The fourth-order valence-corrected chi connectivity index (χ4v) is 7.94. The van der Waals surface area contributed by atoms with Crippen LogP contribution < -0.4 is 9.30 Å². The van der Waals surface area contributed by atoms with Gasteiger partial charge < -0.3 is 4.74 Å². The highest BCUT2D eigenvalue weighted by molar-refractivity contribution is 6.09. The molecule has 10 rings (SSSR count).